The fourth-order valence-electron chi connectivity index (χ4n) is 5.34. The number of halogens is 1. The minimum absolute atomic E-state index is 0.114. The number of rotatable bonds is 8. The molecule has 7 nitrogen and oxygen atoms in total. The molecule has 8 heteroatoms. The van der Waals surface area contributed by atoms with Crippen molar-refractivity contribution >= 4 is 29.3 Å². The number of hydrogen-bond donors (Lipinski definition) is 1. The number of nitrogens with zero attached hydrogens (tertiary/aromatic N) is 1. The first kappa shape index (κ1) is 24.7. The minimum atomic E-state index is -1.44. The minimum Gasteiger partial charge on any atom is -0.465 e. The lowest BCUT2D eigenvalue weighted by molar-refractivity contribution is -0.155. The normalized spacial score (nSPS) is 25.6. The van der Waals surface area contributed by atoms with Crippen molar-refractivity contribution in [1.29, 1.82) is 0 Å². The van der Waals surface area contributed by atoms with Gasteiger partial charge in [0.05, 0.1) is 24.1 Å². The van der Waals surface area contributed by atoms with E-state index in [1.165, 1.54) is 31.2 Å². The molecule has 1 N–H and O–H groups in total. The molecule has 184 valence electrons. The highest BCUT2D eigenvalue weighted by Crippen LogP contribution is 2.51. The fraction of sp³-hybridized carbons (Fsp3) is 0.407. The lowest BCUT2D eigenvalue weighted by atomic mass is 9.76. The van der Waals surface area contributed by atoms with Crippen molar-refractivity contribution in [3.8, 4) is 0 Å². The number of ether oxygens (including phenoxy) is 1. The predicted molar refractivity (Wildman–Crippen MR) is 127 cm³/mol. The number of carbonyl (C=O) groups excluding carboxylic acids is 4. The average Bonchev–Trinajstić information content (AvgIpc) is 3.32. The molecule has 0 unspecified atom stereocenters. The third-order valence-electron chi connectivity index (χ3n) is 6.94. The molecule has 0 bridgehead atoms. The van der Waals surface area contributed by atoms with E-state index in [9.17, 15) is 23.6 Å². The van der Waals surface area contributed by atoms with Gasteiger partial charge in [0.2, 0.25) is 11.8 Å². The SMILES string of the molecule is CCCC[C@]1(C(=O)OCC)N[C@H](c2cccc(F)c2)[C@@H]2C(=O)N(c3cccc(C(C)=O)c3)C(=O)[C@@H]21. The van der Waals surface area contributed by atoms with E-state index in [0.717, 1.165) is 11.3 Å². The standard InChI is InChI=1S/C27H29FN2O5/c1-4-6-13-27(26(34)35-5-2)22-21(23(29-27)18-10-7-11-19(28)14-18)24(32)30(25(22)33)20-12-8-9-17(15-20)16(3)31/h7-12,14-15,21-23,29H,4-6,13H2,1-3H3/t21-,22-,23-,27+/m1/s1. The van der Waals surface area contributed by atoms with Gasteiger partial charge in [0.25, 0.3) is 0 Å². The molecule has 0 radical (unpaired) electrons. The summed E-state index contributed by atoms with van der Waals surface area (Å²) < 4.78 is 19.6. The van der Waals surface area contributed by atoms with Gasteiger partial charge < -0.3 is 4.74 Å². The van der Waals surface area contributed by atoms with Crippen LogP contribution in [-0.4, -0.2) is 35.7 Å². The van der Waals surface area contributed by atoms with Crippen LogP contribution in [0.25, 0.3) is 0 Å². The summed E-state index contributed by atoms with van der Waals surface area (Å²) in [5, 5.41) is 3.27. The van der Waals surface area contributed by atoms with Gasteiger partial charge in [-0.3, -0.25) is 24.5 Å². The van der Waals surface area contributed by atoms with E-state index in [1.54, 1.807) is 31.2 Å². The molecule has 2 aliphatic rings. The number of benzene rings is 2. The zero-order valence-corrected chi connectivity index (χ0v) is 20.0. The number of anilines is 1. The molecule has 0 saturated carbocycles. The van der Waals surface area contributed by atoms with Crippen molar-refractivity contribution in [3.05, 3.63) is 65.5 Å². The van der Waals surface area contributed by atoms with Gasteiger partial charge >= 0.3 is 5.97 Å². The van der Waals surface area contributed by atoms with Crippen molar-refractivity contribution in [1.82, 2.24) is 5.32 Å². The van der Waals surface area contributed by atoms with Gasteiger partial charge in [-0.05, 0) is 50.1 Å². The van der Waals surface area contributed by atoms with Crippen LogP contribution in [0.2, 0.25) is 0 Å². The Morgan fingerprint density at radius 3 is 2.49 bits per heavy atom. The largest absolute Gasteiger partial charge is 0.465 e. The molecule has 4 rings (SSSR count). The summed E-state index contributed by atoms with van der Waals surface area (Å²) in [6, 6.07) is 11.4. The Kier molecular flexibility index (Phi) is 6.85. The molecular formula is C27H29FN2O5. The summed E-state index contributed by atoms with van der Waals surface area (Å²) >= 11 is 0. The Morgan fingerprint density at radius 1 is 1.09 bits per heavy atom. The molecular weight excluding hydrogens is 451 g/mol. The van der Waals surface area contributed by atoms with E-state index >= 15 is 0 Å². The number of amides is 2. The number of hydrogen-bond acceptors (Lipinski definition) is 6. The number of Topliss-reactive ketones (excluding diaryl/α,β-unsaturated/α-hetero) is 1. The molecule has 35 heavy (non-hydrogen) atoms. The highest BCUT2D eigenvalue weighted by atomic mass is 19.1. The Labute approximate surface area is 203 Å². The molecule has 4 atom stereocenters. The zero-order valence-electron chi connectivity index (χ0n) is 20.0. The van der Waals surface area contributed by atoms with E-state index in [-0.39, 0.29) is 24.5 Å². The van der Waals surface area contributed by atoms with Gasteiger partial charge in [-0.1, -0.05) is 44.0 Å². The smallest absolute Gasteiger partial charge is 0.327 e. The van der Waals surface area contributed by atoms with E-state index in [1.807, 2.05) is 6.92 Å². The van der Waals surface area contributed by atoms with Crippen molar-refractivity contribution in [3.63, 3.8) is 0 Å². The second-order valence-corrected chi connectivity index (χ2v) is 9.09. The molecule has 2 aromatic rings. The maximum absolute atomic E-state index is 14.2. The molecule has 2 heterocycles. The van der Waals surface area contributed by atoms with Gasteiger partial charge in [0.15, 0.2) is 5.78 Å². The summed E-state index contributed by atoms with van der Waals surface area (Å²) in [5.41, 5.74) is -0.327. The lowest BCUT2D eigenvalue weighted by Crippen LogP contribution is -2.56. The monoisotopic (exact) mass is 480 g/mol. The summed E-state index contributed by atoms with van der Waals surface area (Å²) in [5.74, 6) is -4.27. The third kappa shape index (κ3) is 4.16. The molecule has 2 aromatic carbocycles. The van der Waals surface area contributed by atoms with Gasteiger partial charge in [0.1, 0.15) is 11.4 Å². The zero-order chi connectivity index (χ0) is 25.3. The molecule has 0 aromatic heterocycles. The van der Waals surface area contributed by atoms with Gasteiger partial charge in [-0.2, -0.15) is 0 Å². The van der Waals surface area contributed by atoms with Gasteiger partial charge in [-0.25, -0.2) is 9.29 Å². The molecule has 2 saturated heterocycles. The van der Waals surface area contributed by atoms with Crippen LogP contribution < -0.4 is 10.2 Å². The van der Waals surface area contributed by atoms with E-state index < -0.39 is 47.0 Å². The summed E-state index contributed by atoms with van der Waals surface area (Å²) in [4.78, 5) is 54.1. The van der Waals surface area contributed by atoms with Crippen LogP contribution in [0, 0.1) is 17.7 Å². The number of nitrogens with one attached hydrogen (secondary N) is 1. The first-order valence-electron chi connectivity index (χ1n) is 11.9. The van der Waals surface area contributed by atoms with E-state index in [2.05, 4.69) is 5.32 Å². The van der Waals surface area contributed by atoms with Crippen LogP contribution in [0.3, 0.4) is 0 Å². The summed E-state index contributed by atoms with van der Waals surface area (Å²) in [6.07, 6.45) is 1.67. The fourth-order valence-corrected chi connectivity index (χ4v) is 5.34. The Morgan fingerprint density at radius 2 is 1.83 bits per heavy atom. The summed E-state index contributed by atoms with van der Waals surface area (Å²) in [7, 11) is 0. The number of unbranched alkanes of at least 4 members (excludes halogenated alkanes) is 1. The molecule has 2 amide bonds. The van der Waals surface area contributed by atoms with Crippen molar-refractivity contribution in [2.75, 3.05) is 11.5 Å². The molecule has 2 aliphatic heterocycles. The Bertz CT molecular complexity index is 1180. The Balaban J connectivity index is 1.87. The molecule has 0 spiro atoms. The van der Waals surface area contributed by atoms with Crippen molar-refractivity contribution < 1.29 is 28.3 Å². The van der Waals surface area contributed by atoms with Crippen LogP contribution in [-0.2, 0) is 19.1 Å². The van der Waals surface area contributed by atoms with Crippen LogP contribution in [0.4, 0.5) is 10.1 Å². The average molecular weight is 481 g/mol. The van der Waals surface area contributed by atoms with Crippen LogP contribution in [0.5, 0.6) is 0 Å². The second-order valence-electron chi connectivity index (χ2n) is 9.09. The van der Waals surface area contributed by atoms with Crippen LogP contribution in [0.1, 0.15) is 62.0 Å². The summed E-state index contributed by atoms with van der Waals surface area (Å²) in [6.45, 7) is 5.17. The maximum Gasteiger partial charge on any atom is 0.327 e. The molecule has 2 fully saturated rings. The van der Waals surface area contributed by atoms with Crippen molar-refractivity contribution in [2.45, 2.75) is 51.6 Å². The second kappa shape index (κ2) is 9.70. The van der Waals surface area contributed by atoms with Crippen molar-refractivity contribution in [2.24, 2.45) is 11.8 Å². The van der Waals surface area contributed by atoms with E-state index in [4.69, 9.17) is 4.74 Å². The topological polar surface area (TPSA) is 92.8 Å². The first-order valence-corrected chi connectivity index (χ1v) is 11.9. The maximum atomic E-state index is 14.2. The first-order chi connectivity index (χ1) is 16.7. The number of imide groups is 1. The van der Waals surface area contributed by atoms with Gasteiger partial charge in [-0.15, -0.1) is 0 Å². The third-order valence-corrected chi connectivity index (χ3v) is 6.94. The number of carbonyl (C=O) groups is 4. The highest BCUT2D eigenvalue weighted by Gasteiger charge is 2.68. The highest BCUT2D eigenvalue weighted by molar-refractivity contribution is 6.24. The van der Waals surface area contributed by atoms with Crippen LogP contribution in [0.15, 0.2) is 48.5 Å². The van der Waals surface area contributed by atoms with Crippen LogP contribution >= 0.6 is 0 Å². The molecule has 0 aliphatic carbocycles. The Hall–Kier alpha value is -3.39. The van der Waals surface area contributed by atoms with E-state index in [0.29, 0.717) is 17.5 Å². The van der Waals surface area contributed by atoms with Gasteiger partial charge in [0, 0.05) is 11.6 Å². The number of esters is 1. The quantitative estimate of drug-likeness (QED) is 0.349. The number of fused-ring (bicyclic) bond motifs is 1. The predicted octanol–water partition coefficient (Wildman–Crippen LogP) is 3.97. The number of ketones is 1. The lowest BCUT2D eigenvalue weighted by Gasteiger charge is -2.33.